The standard InChI is InChI=1S/C12H23N3O2/c16-12(15-5-2-1-3-6-15)13-4-7-14-8-10-17-11-9-14/h1-11H2,(H,13,16). The Morgan fingerprint density at radius 1 is 1.06 bits per heavy atom. The van der Waals surface area contributed by atoms with Crippen LogP contribution in [0.1, 0.15) is 19.3 Å². The number of nitrogens with one attached hydrogen (secondary N) is 1. The van der Waals surface area contributed by atoms with Gasteiger partial charge in [-0.3, -0.25) is 4.90 Å². The predicted molar refractivity (Wildman–Crippen MR) is 66.1 cm³/mol. The number of urea groups is 1. The van der Waals surface area contributed by atoms with E-state index in [1.54, 1.807) is 0 Å². The number of hydrogen-bond donors (Lipinski definition) is 1. The number of rotatable bonds is 3. The zero-order valence-corrected chi connectivity index (χ0v) is 10.5. The van der Waals surface area contributed by atoms with E-state index in [9.17, 15) is 4.79 Å². The van der Waals surface area contributed by atoms with Crippen LogP contribution in [0.2, 0.25) is 0 Å². The topological polar surface area (TPSA) is 44.8 Å². The second-order valence-corrected chi connectivity index (χ2v) is 4.73. The zero-order chi connectivity index (χ0) is 11.9. The summed E-state index contributed by atoms with van der Waals surface area (Å²) in [6, 6.07) is 0.109. The fourth-order valence-electron chi connectivity index (χ4n) is 2.35. The first-order valence-corrected chi connectivity index (χ1v) is 6.69. The van der Waals surface area contributed by atoms with E-state index in [0.29, 0.717) is 0 Å². The highest BCUT2D eigenvalue weighted by Gasteiger charge is 2.16. The molecule has 2 aliphatic rings. The number of carbonyl (C=O) groups excluding carboxylic acids is 1. The number of ether oxygens (including phenoxy) is 1. The molecule has 0 aliphatic carbocycles. The van der Waals surface area contributed by atoms with Gasteiger partial charge in [0.1, 0.15) is 0 Å². The van der Waals surface area contributed by atoms with E-state index >= 15 is 0 Å². The average Bonchev–Trinajstić information content (AvgIpc) is 2.41. The van der Waals surface area contributed by atoms with E-state index in [1.807, 2.05) is 4.90 Å². The number of hydrogen-bond acceptors (Lipinski definition) is 3. The first-order valence-electron chi connectivity index (χ1n) is 6.69. The first kappa shape index (κ1) is 12.6. The van der Waals surface area contributed by atoms with Gasteiger partial charge in [-0.1, -0.05) is 0 Å². The van der Waals surface area contributed by atoms with Crippen molar-refractivity contribution in [1.82, 2.24) is 15.1 Å². The van der Waals surface area contributed by atoms with Gasteiger partial charge >= 0.3 is 6.03 Å². The predicted octanol–water partition coefficient (Wildman–Crippen LogP) is 0.514. The molecule has 98 valence electrons. The van der Waals surface area contributed by atoms with Crippen LogP contribution in [0.4, 0.5) is 4.79 Å². The molecular formula is C12H23N3O2. The lowest BCUT2D eigenvalue weighted by Crippen LogP contribution is -2.46. The van der Waals surface area contributed by atoms with Gasteiger partial charge in [0.25, 0.3) is 0 Å². The third-order valence-electron chi connectivity index (χ3n) is 3.45. The number of carbonyl (C=O) groups is 1. The van der Waals surface area contributed by atoms with Crippen molar-refractivity contribution in [3.63, 3.8) is 0 Å². The van der Waals surface area contributed by atoms with Gasteiger partial charge in [0, 0.05) is 39.3 Å². The molecule has 2 heterocycles. The van der Waals surface area contributed by atoms with Crippen LogP contribution in [0.3, 0.4) is 0 Å². The Labute approximate surface area is 103 Å². The maximum absolute atomic E-state index is 11.8. The van der Waals surface area contributed by atoms with Crippen LogP contribution in [0.5, 0.6) is 0 Å². The summed E-state index contributed by atoms with van der Waals surface area (Å²) in [7, 11) is 0. The molecule has 5 nitrogen and oxygen atoms in total. The van der Waals surface area contributed by atoms with Gasteiger partial charge in [-0.2, -0.15) is 0 Å². The molecule has 0 atom stereocenters. The third kappa shape index (κ3) is 4.16. The largest absolute Gasteiger partial charge is 0.379 e. The molecular weight excluding hydrogens is 218 g/mol. The van der Waals surface area contributed by atoms with Gasteiger partial charge in [0.05, 0.1) is 13.2 Å². The minimum atomic E-state index is 0.109. The second-order valence-electron chi connectivity index (χ2n) is 4.73. The zero-order valence-electron chi connectivity index (χ0n) is 10.5. The minimum Gasteiger partial charge on any atom is -0.379 e. The molecule has 2 aliphatic heterocycles. The van der Waals surface area contributed by atoms with E-state index in [-0.39, 0.29) is 6.03 Å². The minimum absolute atomic E-state index is 0.109. The highest BCUT2D eigenvalue weighted by Crippen LogP contribution is 2.08. The molecule has 2 amide bonds. The summed E-state index contributed by atoms with van der Waals surface area (Å²) in [6.07, 6.45) is 3.56. The maximum atomic E-state index is 11.8. The third-order valence-corrected chi connectivity index (χ3v) is 3.45. The molecule has 0 spiro atoms. The van der Waals surface area contributed by atoms with Crippen molar-refractivity contribution in [3.05, 3.63) is 0 Å². The van der Waals surface area contributed by atoms with Crippen LogP contribution in [0, 0.1) is 0 Å². The van der Waals surface area contributed by atoms with Crippen LogP contribution >= 0.6 is 0 Å². The fourth-order valence-corrected chi connectivity index (χ4v) is 2.35. The Kier molecular flexibility index (Phi) is 5.07. The quantitative estimate of drug-likeness (QED) is 0.783. The van der Waals surface area contributed by atoms with E-state index < -0.39 is 0 Å². The summed E-state index contributed by atoms with van der Waals surface area (Å²) in [5, 5.41) is 3.00. The fraction of sp³-hybridized carbons (Fsp3) is 0.917. The van der Waals surface area contributed by atoms with Crippen LogP contribution in [-0.2, 0) is 4.74 Å². The van der Waals surface area contributed by atoms with Crippen molar-refractivity contribution in [1.29, 1.82) is 0 Å². The lowest BCUT2D eigenvalue weighted by atomic mass is 10.1. The van der Waals surface area contributed by atoms with Crippen molar-refractivity contribution in [3.8, 4) is 0 Å². The Morgan fingerprint density at radius 2 is 1.76 bits per heavy atom. The lowest BCUT2D eigenvalue weighted by molar-refractivity contribution is 0.0385. The number of likely N-dealkylation sites (tertiary alicyclic amines) is 1. The molecule has 0 unspecified atom stereocenters. The summed E-state index contributed by atoms with van der Waals surface area (Å²) in [5.41, 5.74) is 0. The van der Waals surface area contributed by atoms with Gasteiger partial charge < -0.3 is 15.0 Å². The molecule has 0 aromatic carbocycles. The van der Waals surface area contributed by atoms with E-state index in [0.717, 1.165) is 65.3 Å². The SMILES string of the molecule is O=C(NCCN1CCOCC1)N1CCCCC1. The molecule has 0 aromatic rings. The monoisotopic (exact) mass is 241 g/mol. The van der Waals surface area contributed by atoms with Crippen molar-refractivity contribution in [2.24, 2.45) is 0 Å². The van der Waals surface area contributed by atoms with Crippen LogP contribution in [0.25, 0.3) is 0 Å². The lowest BCUT2D eigenvalue weighted by Gasteiger charge is -2.29. The summed E-state index contributed by atoms with van der Waals surface area (Å²) in [5.74, 6) is 0. The van der Waals surface area contributed by atoms with Crippen molar-refractivity contribution < 1.29 is 9.53 Å². The van der Waals surface area contributed by atoms with Gasteiger partial charge in [0.2, 0.25) is 0 Å². The molecule has 2 rings (SSSR count). The van der Waals surface area contributed by atoms with E-state index in [1.165, 1.54) is 6.42 Å². The molecule has 2 saturated heterocycles. The summed E-state index contributed by atoms with van der Waals surface area (Å²) in [6.45, 7) is 7.13. The number of nitrogens with zero attached hydrogens (tertiary/aromatic N) is 2. The second kappa shape index (κ2) is 6.81. The van der Waals surface area contributed by atoms with Gasteiger partial charge in [-0.15, -0.1) is 0 Å². The molecule has 1 N–H and O–H groups in total. The molecule has 17 heavy (non-hydrogen) atoms. The summed E-state index contributed by atoms with van der Waals surface area (Å²) < 4.78 is 5.29. The first-order chi connectivity index (χ1) is 8.36. The summed E-state index contributed by atoms with van der Waals surface area (Å²) in [4.78, 5) is 16.1. The Balaban J connectivity index is 1.58. The van der Waals surface area contributed by atoms with Gasteiger partial charge in [-0.25, -0.2) is 4.79 Å². The van der Waals surface area contributed by atoms with Crippen molar-refractivity contribution in [2.45, 2.75) is 19.3 Å². The van der Waals surface area contributed by atoms with E-state index in [4.69, 9.17) is 4.74 Å². The smallest absolute Gasteiger partial charge is 0.317 e. The number of morpholine rings is 1. The normalized spacial score (nSPS) is 22.5. The Hall–Kier alpha value is -0.810. The molecule has 0 saturated carbocycles. The van der Waals surface area contributed by atoms with Crippen molar-refractivity contribution >= 4 is 6.03 Å². The van der Waals surface area contributed by atoms with Gasteiger partial charge in [0.15, 0.2) is 0 Å². The van der Waals surface area contributed by atoms with Crippen LogP contribution in [-0.4, -0.2) is 68.3 Å². The highest BCUT2D eigenvalue weighted by atomic mass is 16.5. The highest BCUT2D eigenvalue weighted by molar-refractivity contribution is 5.74. The molecule has 0 bridgehead atoms. The molecule has 0 radical (unpaired) electrons. The van der Waals surface area contributed by atoms with E-state index in [2.05, 4.69) is 10.2 Å². The molecule has 5 heteroatoms. The van der Waals surface area contributed by atoms with Crippen LogP contribution < -0.4 is 5.32 Å². The average molecular weight is 241 g/mol. The summed E-state index contributed by atoms with van der Waals surface area (Å²) >= 11 is 0. The Morgan fingerprint density at radius 3 is 2.47 bits per heavy atom. The van der Waals surface area contributed by atoms with Crippen molar-refractivity contribution in [2.75, 3.05) is 52.5 Å². The van der Waals surface area contributed by atoms with Crippen LogP contribution in [0.15, 0.2) is 0 Å². The maximum Gasteiger partial charge on any atom is 0.317 e. The van der Waals surface area contributed by atoms with Gasteiger partial charge in [-0.05, 0) is 19.3 Å². The Bertz CT molecular complexity index is 236. The molecule has 2 fully saturated rings. The molecule has 0 aromatic heterocycles. The number of piperidine rings is 1. The number of amides is 2.